The molecule has 17 heavy (non-hydrogen) atoms. The molecule has 0 radical (unpaired) electrons. The summed E-state index contributed by atoms with van der Waals surface area (Å²) in [5, 5.41) is 5.77. The van der Waals surface area contributed by atoms with Gasteiger partial charge in [-0.25, -0.2) is 0 Å². The maximum atomic E-state index is 11.5. The molecule has 1 aromatic rings. The van der Waals surface area contributed by atoms with Crippen LogP contribution in [0.5, 0.6) is 5.75 Å². The van der Waals surface area contributed by atoms with E-state index in [0.29, 0.717) is 6.54 Å². The molecule has 0 saturated carbocycles. The molecular weight excluding hydrogens is 216 g/mol. The lowest BCUT2D eigenvalue weighted by atomic mass is 10.3. The van der Waals surface area contributed by atoms with Crippen molar-refractivity contribution in [1.82, 2.24) is 5.32 Å². The van der Waals surface area contributed by atoms with Crippen LogP contribution in [0.4, 0.5) is 5.69 Å². The van der Waals surface area contributed by atoms with Crippen molar-refractivity contribution in [2.75, 3.05) is 25.5 Å². The first-order valence-electron chi connectivity index (χ1n) is 5.41. The fourth-order valence-corrected chi connectivity index (χ4v) is 1.30. The van der Waals surface area contributed by atoms with E-state index in [4.69, 9.17) is 4.74 Å². The quantitative estimate of drug-likeness (QED) is 0.738. The van der Waals surface area contributed by atoms with Crippen LogP contribution in [0, 0.1) is 0 Å². The van der Waals surface area contributed by atoms with Gasteiger partial charge in [0.15, 0.2) is 0 Å². The summed E-state index contributed by atoms with van der Waals surface area (Å²) in [6.07, 6.45) is 0. The minimum Gasteiger partial charge on any atom is -0.497 e. The fourth-order valence-electron chi connectivity index (χ4n) is 1.30. The maximum Gasteiger partial charge on any atom is 0.238 e. The van der Waals surface area contributed by atoms with Gasteiger partial charge in [-0.1, -0.05) is 18.2 Å². The van der Waals surface area contributed by atoms with E-state index in [2.05, 4.69) is 17.2 Å². The largest absolute Gasteiger partial charge is 0.497 e. The number of hydrogen-bond acceptors (Lipinski definition) is 3. The van der Waals surface area contributed by atoms with Gasteiger partial charge in [0.05, 0.1) is 13.7 Å². The Labute approximate surface area is 102 Å². The molecule has 0 aliphatic heterocycles. The first kappa shape index (κ1) is 13.3. The van der Waals surface area contributed by atoms with Crippen LogP contribution in [-0.4, -0.2) is 26.1 Å². The van der Waals surface area contributed by atoms with Gasteiger partial charge in [0.1, 0.15) is 5.75 Å². The third-order valence-corrected chi connectivity index (χ3v) is 2.07. The van der Waals surface area contributed by atoms with Crippen LogP contribution < -0.4 is 15.4 Å². The lowest BCUT2D eigenvalue weighted by Crippen LogP contribution is -2.29. The van der Waals surface area contributed by atoms with E-state index in [-0.39, 0.29) is 12.5 Å². The molecule has 0 aliphatic rings. The third kappa shape index (κ3) is 5.17. The monoisotopic (exact) mass is 234 g/mol. The van der Waals surface area contributed by atoms with Gasteiger partial charge in [-0.05, 0) is 19.1 Å². The zero-order valence-corrected chi connectivity index (χ0v) is 10.2. The van der Waals surface area contributed by atoms with Gasteiger partial charge >= 0.3 is 0 Å². The van der Waals surface area contributed by atoms with E-state index in [0.717, 1.165) is 17.0 Å². The van der Waals surface area contributed by atoms with Crippen LogP contribution in [0.1, 0.15) is 6.92 Å². The minimum absolute atomic E-state index is 0.0838. The van der Waals surface area contributed by atoms with Crippen LogP contribution in [-0.2, 0) is 4.79 Å². The third-order valence-electron chi connectivity index (χ3n) is 2.07. The summed E-state index contributed by atoms with van der Waals surface area (Å²) in [5.41, 5.74) is 1.73. The van der Waals surface area contributed by atoms with Gasteiger partial charge in [-0.2, -0.15) is 0 Å². The Morgan fingerprint density at radius 3 is 2.82 bits per heavy atom. The maximum absolute atomic E-state index is 11.5. The first-order chi connectivity index (χ1) is 8.11. The molecule has 0 fully saturated rings. The molecule has 0 bridgehead atoms. The molecule has 1 amide bonds. The summed E-state index contributed by atoms with van der Waals surface area (Å²) in [6.45, 7) is 6.57. The molecule has 1 aromatic carbocycles. The van der Waals surface area contributed by atoms with Gasteiger partial charge in [0, 0.05) is 18.3 Å². The smallest absolute Gasteiger partial charge is 0.238 e. The Morgan fingerprint density at radius 2 is 2.18 bits per heavy atom. The second kappa shape index (κ2) is 6.70. The molecule has 0 unspecified atom stereocenters. The number of methoxy groups -OCH3 is 1. The van der Waals surface area contributed by atoms with Gasteiger partial charge < -0.3 is 15.4 Å². The minimum atomic E-state index is -0.0838. The second-order valence-electron chi connectivity index (χ2n) is 3.84. The SMILES string of the molecule is C=C(C)CNCC(=O)Nc1cccc(OC)c1. The van der Waals surface area contributed by atoms with E-state index >= 15 is 0 Å². The summed E-state index contributed by atoms with van der Waals surface area (Å²) in [6, 6.07) is 7.25. The van der Waals surface area contributed by atoms with Crippen LogP contribution >= 0.6 is 0 Å². The van der Waals surface area contributed by atoms with Crippen molar-refractivity contribution in [1.29, 1.82) is 0 Å². The van der Waals surface area contributed by atoms with E-state index < -0.39 is 0 Å². The zero-order chi connectivity index (χ0) is 12.7. The Kier molecular flexibility index (Phi) is 5.23. The number of carbonyl (C=O) groups is 1. The normalized spacial score (nSPS) is 9.76. The number of carbonyl (C=O) groups excluding carboxylic acids is 1. The number of nitrogens with one attached hydrogen (secondary N) is 2. The number of rotatable bonds is 6. The Balaban J connectivity index is 2.42. The van der Waals surface area contributed by atoms with Crippen molar-refractivity contribution in [2.24, 2.45) is 0 Å². The topological polar surface area (TPSA) is 50.4 Å². The first-order valence-corrected chi connectivity index (χ1v) is 5.41. The molecule has 0 aromatic heterocycles. The van der Waals surface area contributed by atoms with E-state index in [9.17, 15) is 4.79 Å². The molecule has 0 saturated heterocycles. The summed E-state index contributed by atoms with van der Waals surface area (Å²) in [4.78, 5) is 11.5. The summed E-state index contributed by atoms with van der Waals surface area (Å²) in [7, 11) is 1.59. The van der Waals surface area contributed by atoms with Crippen LogP contribution in [0.25, 0.3) is 0 Å². The molecular formula is C13H18N2O2. The lowest BCUT2D eigenvalue weighted by Gasteiger charge is -2.07. The number of anilines is 1. The highest BCUT2D eigenvalue weighted by Gasteiger charge is 2.02. The van der Waals surface area contributed by atoms with Gasteiger partial charge in [0.25, 0.3) is 0 Å². The van der Waals surface area contributed by atoms with Crippen molar-refractivity contribution < 1.29 is 9.53 Å². The number of ether oxygens (including phenoxy) is 1. The van der Waals surface area contributed by atoms with E-state index in [1.54, 1.807) is 13.2 Å². The summed E-state index contributed by atoms with van der Waals surface area (Å²) >= 11 is 0. The lowest BCUT2D eigenvalue weighted by molar-refractivity contribution is -0.115. The highest BCUT2D eigenvalue weighted by atomic mass is 16.5. The summed E-state index contributed by atoms with van der Waals surface area (Å²) < 4.78 is 5.07. The average molecular weight is 234 g/mol. The zero-order valence-electron chi connectivity index (χ0n) is 10.2. The predicted octanol–water partition coefficient (Wildman–Crippen LogP) is 1.80. The van der Waals surface area contributed by atoms with Crippen molar-refractivity contribution >= 4 is 11.6 Å². The second-order valence-corrected chi connectivity index (χ2v) is 3.84. The molecule has 92 valence electrons. The van der Waals surface area contributed by atoms with Crippen molar-refractivity contribution in [3.63, 3.8) is 0 Å². The Bertz CT molecular complexity index is 402. The predicted molar refractivity (Wildman–Crippen MR) is 69.3 cm³/mol. The van der Waals surface area contributed by atoms with E-state index in [1.165, 1.54) is 0 Å². The van der Waals surface area contributed by atoms with Crippen LogP contribution in [0.15, 0.2) is 36.4 Å². The molecule has 2 N–H and O–H groups in total. The van der Waals surface area contributed by atoms with E-state index in [1.807, 2.05) is 25.1 Å². The molecule has 0 aliphatic carbocycles. The highest BCUT2D eigenvalue weighted by molar-refractivity contribution is 5.92. The van der Waals surface area contributed by atoms with Crippen molar-refractivity contribution in [3.8, 4) is 5.75 Å². The number of hydrogen-bond donors (Lipinski definition) is 2. The van der Waals surface area contributed by atoms with Crippen LogP contribution in [0.2, 0.25) is 0 Å². The number of benzene rings is 1. The molecule has 4 nitrogen and oxygen atoms in total. The Hall–Kier alpha value is -1.81. The molecule has 0 heterocycles. The van der Waals surface area contributed by atoms with Gasteiger partial charge in [-0.15, -0.1) is 0 Å². The highest BCUT2D eigenvalue weighted by Crippen LogP contribution is 2.16. The van der Waals surface area contributed by atoms with Crippen LogP contribution in [0.3, 0.4) is 0 Å². The van der Waals surface area contributed by atoms with Crippen molar-refractivity contribution in [3.05, 3.63) is 36.4 Å². The summed E-state index contributed by atoms with van der Waals surface area (Å²) in [5.74, 6) is 0.636. The molecule has 1 rings (SSSR count). The fraction of sp³-hybridized carbons (Fsp3) is 0.308. The average Bonchev–Trinajstić information content (AvgIpc) is 2.28. The van der Waals surface area contributed by atoms with Crippen molar-refractivity contribution in [2.45, 2.75) is 6.92 Å². The molecule has 0 atom stereocenters. The van der Waals surface area contributed by atoms with Gasteiger partial charge in [0.2, 0.25) is 5.91 Å². The number of amides is 1. The molecule has 4 heteroatoms. The molecule has 0 spiro atoms. The van der Waals surface area contributed by atoms with Gasteiger partial charge in [-0.3, -0.25) is 4.79 Å². The Morgan fingerprint density at radius 1 is 1.41 bits per heavy atom. The standard InChI is InChI=1S/C13H18N2O2/c1-10(2)8-14-9-13(16)15-11-5-4-6-12(7-11)17-3/h4-7,14H,1,8-9H2,2-3H3,(H,15,16).